The molecule has 41 heavy (non-hydrogen) atoms. The van der Waals surface area contributed by atoms with Gasteiger partial charge < -0.3 is 25.3 Å². The molecule has 2 aromatic carbocycles. The van der Waals surface area contributed by atoms with Crippen molar-refractivity contribution in [3.05, 3.63) is 71.5 Å². The highest BCUT2D eigenvalue weighted by Gasteiger charge is 2.37. The van der Waals surface area contributed by atoms with Gasteiger partial charge in [-0.25, -0.2) is 0 Å². The van der Waals surface area contributed by atoms with Gasteiger partial charge in [0.2, 0.25) is 5.91 Å². The summed E-state index contributed by atoms with van der Waals surface area (Å²) in [4.78, 5) is 40.9. The maximum atomic E-state index is 13.6. The molecule has 1 aliphatic rings. The number of amides is 2. The van der Waals surface area contributed by atoms with Crippen molar-refractivity contribution in [2.75, 3.05) is 17.2 Å². The van der Waals surface area contributed by atoms with Gasteiger partial charge in [-0.05, 0) is 36.6 Å². The Hall–Kier alpha value is -4.62. The molecule has 3 aromatic rings. The van der Waals surface area contributed by atoms with Crippen molar-refractivity contribution in [1.29, 1.82) is 0 Å². The molecule has 1 aliphatic carbocycles. The molecule has 8 nitrogen and oxygen atoms in total. The summed E-state index contributed by atoms with van der Waals surface area (Å²) in [5.74, 6) is -2.71. The number of Topliss-reactive ketones (excluding diaryl/α,β-unsaturated/α-hetero) is 1. The molecule has 2 N–H and O–H groups in total. The van der Waals surface area contributed by atoms with Crippen LogP contribution in [0, 0.1) is 0 Å². The van der Waals surface area contributed by atoms with Crippen molar-refractivity contribution in [3.63, 3.8) is 0 Å². The highest BCUT2D eigenvalue weighted by atomic mass is 19.4. The second kappa shape index (κ2) is 11.5. The van der Waals surface area contributed by atoms with E-state index in [0.717, 1.165) is 24.1 Å². The lowest BCUT2D eigenvalue weighted by Gasteiger charge is -2.20. The van der Waals surface area contributed by atoms with Crippen LogP contribution in [0.5, 0.6) is 5.75 Å². The van der Waals surface area contributed by atoms with Gasteiger partial charge >= 0.3 is 12.4 Å². The van der Waals surface area contributed by atoms with Crippen molar-refractivity contribution in [2.45, 2.75) is 37.5 Å². The zero-order chi connectivity index (χ0) is 29.9. The van der Waals surface area contributed by atoms with Gasteiger partial charge in [-0.15, -0.1) is 0 Å². The Balaban J connectivity index is 1.53. The van der Waals surface area contributed by atoms with Crippen molar-refractivity contribution in [3.8, 4) is 16.9 Å². The molecule has 2 amide bonds. The molecule has 0 atom stereocenters. The van der Waals surface area contributed by atoms with Crippen molar-refractivity contribution < 1.29 is 50.6 Å². The number of anilines is 2. The van der Waals surface area contributed by atoms with E-state index in [1.165, 1.54) is 12.1 Å². The molecule has 0 radical (unpaired) electrons. The van der Waals surface area contributed by atoms with E-state index >= 15 is 0 Å². The number of pyridine rings is 1. The molecule has 1 saturated carbocycles. The SMILES string of the molecule is O=C([O-])Nc1cc(OCC(F)(F)F)c(C(F)(F)F)cc1NC(=O)CC(=O)c1cccc(-c2ccc(C3CC3)nc2)c1. The molecular formula is C27H20F6N3O5-. The molecule has 4 rings (SSSR count). The fourth-order valence-corrected chi connectivity index (χ4v) is 3.91. The number of alkyl halides is 6. The maximum Gasteiger partial charge on any atom is 0.422 e. The monoisotopic (exact) mass is 580 g/mol. The largest absolute Gasteiger partial charge is 0.530 e. The minimum Gasteiger partial charge on any atom is -0.530 e. The summed E-state index contributed by atoms with van der Waals surface area (Å²) in [5, 5.41) is 14.6. The van der Waals surface area contributed by atoms with Gasteiger partial charge in [-0.3, -0.25) is 14.6 Å². The van der Waals surface area contributed by atoms with Crippen molar-refractivity contribution in [1.82, 2.24) is 4.98 Å². The van der Waals surface area contributed by atoms with Crippen LogP contribution in [0.1, 0.15) is 46.8 Å². The molecule has 1 aromatic heterocycles. The van der Waals surface area contributed by atoms with Crippen molar-refractivity contribution >= 4 is 29.2 Å². The number of carboxylic acid groups (broad SMARTS) is 1. The minimum absolute atomic E-state index is 0.115. The van der Waals surface area contributed by atoms with E-state index in [9.17, 15) is 45.8 Å². The smallest absolute Gasteiger partial charge is 0.422 e. The van der Waals surface area contributed by atoms with E-state index in [2.05, 4.69) is 9.72 Å². The molecular weight excluding hydrogens is 560 g/mol. The third kappa shape index (κ3) is 7.96. The van der Waals surface area contributed by atoms with E-state index in [1.54, 1.807) is 23.6 Å². The van der Waals surface area contributed by atoms with E-state index in [-0.39, 0.29) is 11.6 Å². The summed E-state index contributed by atoms with van der Waals surface area (Å²) < 4.78 is 82.6. The summed E-state index contributed by atoms with van der Waals surface area (Å²) >= 11 is 0. The quantitative estimate of drug-likeness (QED) is 0.195. The number of halogens is 6. The number of ether oxygens (including phenoxy) is 1. The Labute approximate surface area is 228 Å². The Morgan fingerprint density at radius 3 is 2.22 bits per heavy atom. The predicted octanol–water partition coefficient (Wildman–Crippen LogP) is 5.55. The molecule has 1 heterocycles. The summed E-state index contributed by atoms with van der Waals surface area (Å²) in [5.41, 5.74) is -0.826. The standard InChI is InChI=1S/C27H21F6N3O5/c28-26(29,30)13-41-23-10-21(36-25(39)40)20(9-18(23)27(31,32)33)35-24(38)11-22(37)16-3-1-2-15(8-16)17-6-7-19(34-12-17)14-4-5-14/h1-3,6-10,12,14,36H,4-5,11,13H2,(H,35,38)(H,39,40)/p-1. The average molecular weight is 580 g/mol. The van der Waals surface area contributed by atoms with Crippen molar-refractivity contribution in [2.24, 2.45) is 0 Å². The lowest BCUT2D eigenvalue weighted by atomic mass is 10.0. The van der Waals surface area contributed by atoms with E-state index in [4.69, 9.17) is 0 Å². The molecule has 0 unspecified atom stereocenters. The first-order valence-corrected chi connectivity index (χ1v) is 12.0. The summed E-state index contributed by atoms with van der Waals surface area (Å²) in [6.07, 6.45) is -9.30. The Kier molecular flexibility index (Phi) is 8.22. The summed E-state index contributed by atoms with van der Waals surface area (Å²) in [7, 11) is 0. The Morgan fingerprint density at radius 2 is 1.63 bits per heavy atom. The first kappa shape index (κ1) is 29.4. The molecule has 1 fully saturated rings. The van der Waals surface area contributed by atoms with Crippen LogP contribution in [0.3, 0.4) is 0 Å². The second-order valence-electron chi connectivity index (χ2n) is 9.18. The van der Waals surface area contributed by atoms with E-state index in [1.807, 2.05) is 17.4 Å². The fraction of sp³-hybridized carbons (Fsp3) is 0.259. The second-order valence-corrected chi connectivity index (χ2v) is 9.18. The number of hydrogen-bond acceptors (Lipinski definition) is 6. The molecule has 0 aliphatic heterocycles. The van der Waals surface area contributed by atoms with Gasteiger partial charge in [-0.2, -0.15) is 26.3 Å². The first-order valence-electron chi connectivity index (χ1n) is 12.0. The lowest BCUT2D eigenvalue weighted by molar-refractivity contribution is -0.242. The lowest BCUT2D eigenvalue weighted by Crippen LogP contribution is -2.30. The predicted molar refractivity (Wildman–Crippen MR) is 131 cm³/mol. The number of carbonyl (C=O) groups excluding carboxylic acids is 3. The Bertz CT molecular complexity index is 1470. The molecule has 216 valence electrons. The zero-order valence-corrected chi connectivity index (χ0v) is 20.9. The van der Waals surface area contributed by atoms with Crippen LogP contribution in [0.15, 0.2) is 54.7 Å². The molecule has 0 bridgehead atoms. The average Bonchev–Trinajstić information content (AvgIpc) is 3.73. The van der Waals surface area contributed by atoms with E-state index < -0.39 is 65.9 Å². The summed E-state index contributed by atoms with van der Waals surface area (Å²) in [6, 6.07) is 10.5. The number of rotatable bonds is 9. The number of benzene rings is 2. The van der Waals surface area contributed by atoms with Gasteiger partial charge in [0.05, 0.1) is 23.4 Å². The Morgan fingerprint density at radius 1 is 0.927 bits per heavy atom. The first-order chi connectivity index (χ1) is 19.2. The van der Waals surface area contributed by atoms with Crippen LogP contribution >= 0.6 is 0 Å². The van der Waals surface area contributed by atoms with Gasteiger partial charge in [0.15, 0.2) is 12.4 Å². The molecule has 0 spiro atoms. The highest BCUT2D eigenvalue weighted by molar-refractivity contribution is 6.12. The van der Waals surface area contributed by atoms with Crippen LogP contribution in [-0.2, 0) is 11.0 Å². The van der Waals surface area contributed by atoms with Gasteiger partial charge in [0, 0.05) is 35.0 Å². The van der Waals surface area contributed by atoms with Crippen LogP contribution in [-0.4, -0.2) is 35.6 Å². The number of ketones is 1. The number of aromatic nitrogens is 1. The fourth-order valence-electron chi connectivity index (χ4n) is 3.91. The van der Waals surface area contributed by atoms with Crippen LogP contribution in [0.4, 0.5) is 42.5 Å². The highest BCUT2D eigenvalue weighted by Crippen LogP contribution is 2.42. The number of nitrogens with one attached hydrogen (secondary N) is 2. The number of hydrogen-bond donors (Lipinski definition) is 2. The number of carbonyl (C=O) groups is 3. The summed E-state index contributed by atoms with van der Waals surface area (Å²) in [6.45, 7) is -2.10. The molecule has 14 heteroatoms. The van der Waals surface area contributed by atoms with Crippen LogP contribution < -0.4 is 20.5 Å². The number of nitrogens with zero attached hydrogens (tertiary/aromatic N) is 1. The third-order valence-corrected chi connectivity index (χ3v) is 5.95. The molecule has 0 saturated heterocycles. The minimum atomic E-state index is -5.25. The van der Waals surface area contributed by atoms with Crippen LogP contribution in [0.25, 0.3) is 11.1 Å². The zero-order valence-electron chi connectivity index (χ0n) is 20.9. The van der Waals surface area contributed by atoms with Gasteiger partial charge in [0.1, 0.15) is 11.8 Å². The normalized spacial score (nSPS) is 13.4. The maximum absolute atomic E-state index is 13.6. The van der Waals surface area contributed by atoms with E-state index in [0.29, 0.717) is 17.5 Å². The van der Waals surface area contributed by atoms with Gasteiger partial charge in [0.25, 0.3) is 0 Å². The topological polar surface area (TPSA) is 120 Å². The van der Waals surface area contributed by atoms with Gasteiger partial charge in [-0.1, -0.05) is 24.3 Å². The third-order valence-electron chi connectivity index (χ3n) is 5.95. The van der Waals surface area contributed by atoms with Crippen LogP contribution in [0.2, 0.25) is 0 Å².